The zero-order chi connectivity index (χ0) is 17.5. The van der Waals surface area contributed by atoms with Crippen LogP contribution in [0.2, 0.25) is 0 Å². The molecule has 1 fully saturated rings. The maximum absolute atomic E-state index is 12.6. The summed E-state index contributed by atoms with van der Waals surface area (Å²) >= 11 is 0. The first-order valence-corrected chi connectivity index (χ1v) is 8.49. The molecule has 0 saturated carbocycles. The molecule has 6 nitrogen and oxygen atoms in total. The first-order valence-electron chi connectivity index (χ1n) is 8.49. The average molecular weight is 334 g/mol. The molecule has 6 heteroatoms. The van der Waals surface area contributed by atoms with Gasteiger partial charge in [-0.3, -0.25) is 9.59 Å². The molecule has 2 rings (SSSR count). The molecular formula is C18H26N2O4. The Balaban J connectivity index is 2.01. The number of hydrogen-bond acceptors (Lipinski definition) is 4. The van der Waals surface area contributed by atoms with Gasteiger partial charge < -0.3 is 19.3 Å². The topological polar surface area (TPSA) is 59.1 Å². The third kappa shape index (κ3) is 4.40. The van der Waals surface area contributed by atoms with Crippen molar-refractivity contribution in [1.82, 2.24) is 9.80 Å². The summed E-state index contributed by atoms with van der Waals surface area (Å²) in [7, 11) is 1.75. The Morgan fingerprint density at radius 3 is 2.54 bits per heavy atom. The maximum atomic E-state index is 12.6. The van der Waals surface area contributed by atoms with Gasteiger partial charge in [0.2, 0.25) is 5.91 Å². The number of hydrogen-bond donors (Lipinski definition) is 0. The number of rotatable bonds is 8. The standard InChI is InChI=1S/C18H26N2O4/c1-4-23-15-9-8-14(13-16(15)24-5-2)18(22)19(3)11-12-20-10-6-7-17(20)21/h8-9,13H,4-7,10-12H2,1-3H3. The molecule has 1 aliphatic rings. The van der Waals surface area contributed by atoms with E-state index in [1.165, 1.54) is 0 Å². The van der Waals surface area contributed by atoms with E-state index in [9.17, 15) is 9.59 Å². The number of nitrogens with zero attached hydrogens (tertiary/aromatic N) is 2. The van der Waals surface area contributed by atoms with Gasteiger partial charge in [0.15, 0.2) is 11.5 Å². The molecule has 0 bridgehead atoms. The molecule has 0 atom stereocenters. The van der Waals surface area contributed by atoms with Gasteiger partial charge in [0.25, 0.3) is 5.91 Å². The van der Waals surface area contributed by atoms with Crippen LogP contribution in [-0.4, -0.2) is 61.5 Å². The lowest BCUT2D eigenvalue weighted by molar-refractivity contribution is -0.127. The summed E-state index contributed by atoms with van der Waals surface area (Å²) in [5.41, 5.74) is 0.553. The highest BCUT2D eigenvalue weighted by Crippen LogP contribution is 2.29. The number of amides is 2. The minimum atomic E-state index is -0.0920. The number of ether oxygens (including phenoxy) is 2. The van der Waals surface area contributed by atoms with Crippen LogP contribution in [0.5, 0.6) is 11.5 Å². The third-order valence-corrected chi connectivity index (χ3v) is 4.01. The van der Waals surface area contributed by atoms with E-state index in [0.717, 1.165) is 13.0 Å². The summed E-state index contributed by atoms with van der Waals surface area (Å²) in [4.78, 5) is 27.7. The van der Waals surface area contributed by atoms with Crippen LogP contribution in [0, 0.1) is 0 Å². The van der Waals surface area contributed by atoms with E-state index in [1.54, 1.807) is 30.1 Å². The normalized spacial score (nSPS) is 14.0. The van der Waals surface area contributed by atoms with Gasteiger partial charge >= 0.3 is 0 Å². The first kappa shape index (κ1) is 18.1. The fraction of sp³-hybridized carbons (Fsp3) is 0.556. The Labute approximate surface area is 143 Å². The molecule has 0 radical (unpaired) electrons. The highest BCUT2D eigenvalue weighted by Gasteiger charge is 2.21. The zero-order valence-electron chi connectivity index (χ0n) is 14.7. The summed E-state index contributed by atoms with van der Waals surface area (Å²) in [5, 5.41) is 0. The van der Waals surface area contributed by atoms with E-state index in [2.05, 4.69) is 0 Å². The van der Waals surface area contributed by atoms with Crippen LogP contribution < -0.4 is 9.47 Å². The lowest BCUT2D eigenvalue weighted by atomic mass is 10.1. The Kier molecular flexibility index (Phi) is 6.46. The number of carbonyl (C=O) groups excluding carboxylic acids is 2. The van der Waals surface area contributed by atoms with Gasteiger partial charge in [0.1, 0.15) is 0 Å². The Morgan fingerprint density at radius 1 is 1.21 bits per heavy atom. The summed E-state index contributed by atoms with van der Waals surface area (Å²) in [6.45, 7) is 6.73. The highest BCUT2D eigenvalue weighted by molar-refractivity contribution is 5.94. The Hall–Kier alpha value is -2.24. The molecule has 24 heavy (non-hydrogen) atoms. The van der Waals surface area contributed by atoms with Crippen LogP contribution in [0.25, 0.3) is 0 Å². The second-order valence-corrected chi connectivity index (χ2v) is 5.74. The summed E-state index contributed by atoms with van der Waals surface area (Å²) in [5.74, 6) is 1.30. The van der Waals surface area contributed by atoms with Gasteiger partial charge in [-0.2, -0.15) is 0 Å². The number of benzene rings is 1. The second-order valence-electron chi connectivity index (χ2n) is 5.74. The fourth-order valence-electron chi connectivity index (χ4n) is 2.72. The second kappa shape index (κ2) is 8.57. The average Bonchev–Trinajstić information content (AvgIpc) is 2.99. The van der Waals surface area contributed by atoms with E-state index in [4.69, 9.17) is 9.47 Å². The van der Waals surface area contributed by atoms with E-state index < -0.39 is 0 Å². The predicted octanol–water partition coefficient (Wildman–Crippen LogP) is 2.18. The minimum absolute atomic E-state index is 0.0920. The largest absolute Gasteiger partial charge is 0.490 e. The van der Waals surface area contributed by atoms with Crippen molar-refractivity contribution < 1.29 is 19.1 Å². The lowest BCUT2D eigenvalue weighted by Crippen LogP contribution is -2.36. The monoisotopic (exact) mass is 334 g/mol. The van der Waals surface area contributed by atoms with E-state index in [1.807, 2.05) is 18.7 Å². The molecule has 0 unspecified atom stereocenters. The van der Waals surface area contributed by atoms with Crippen LogP contribution >= 0.6 is 0 Å². The van der Waals surface area contributed by atoms with Crippen LogP contribution in [0.4, 0.5) is 0 Å². The Bertz CT molecular complexity index is 588. The summed E-state index contributed by atoms with van der Waals surface area (Å²) in [6.07, 6.45) is 1.53. The number of carbonyl (C=O) groups is 2. The zero-order valence-corrected chi connectivity index (χ0v) is 14.7. The van der Waals surface area contributed by atoms with Crippen molar-refractivity contribution in [3.8, 4) is 11.5 Å². The van der Waals surface area contributed by atoms with Gasteiger partial charge in [0.05, 0.1) is 13.2 Å². The van der Waals surface area contributed by atoms with Gasteiger partial charge in [-0.05, 0) is 38.5 Å². The van der Waals surface area contributed by atoms with E-state index >= 15 is 0 Å². The molecular weight excluding hydrogens is 308 g/mol. The van der Waals surface area contributed by atoms with E-state index in [0.29, 0.717) is 49.8 Å². The van der Waals surface area contributed by atoms with Gasteiger partial charge in [-0.15, -0.1) is 0 Å². The predicted molar refractivity (Wildman–Crippen MR) is 91.6 cm³/mol. The quantitative estimate of drug-likeness (QED) is 0.731. The first-order chi connectivity index (χ1) is 11.6. The lowest BCUT2D eigenvalue weighted by Gasteiger charge is -2.22. The Morgan fingerprint density at radius 2 is 1.92 bits per heavy atom. The summed E-state index contributed by atoms with van der Waals surface area (Å²) < 4.78 is 11.1. The van der Waals surface area contributed by atoms with Crippen molar-refractivity contribution in [2.45, 2.75) is 26.7 Å². The molecule has 0 N–H and O–H groups in total. The molecule has 1 aromatic carbocycles. The van der Waals surface area contributed by atoms with Crippen LogP contribution in [0.3, 0.4) is 0 Å². The molecule has 2 amide bonds. The highest BCUT2D eigenvalue weighted by atomic mass is 16.5. The van der Waals surface area contributed by atoms with Crippen LogP contribution in [-0.2, 0) is 4.79 Å². The molecule has 1 aromatic rings. The van der Waals surface area contributed by atoms with Crippen molar-refractivity contribution in [2.75, 3.05) is 39.9 Å². The molecule has 1 saturated heterocycles. The smallest absolute Gasteiger partial charge is 0.253 e. The maximum Gasteiger partial charge on any atom is 0.253 e. The summed E-state index contributed by atoms with van der Waals surface area (Å²) in [6, 6.07) is 5.22. The molecule has 1 aliphatic heterocycles. The molecule has 0 spiro atoms. The SMILES string of the molecule is CCOc1ccc(C(=O)N(C)CCN2CCCC2=O)cc1OCC. The van der Waals surface area contributed by atoms with Crippen molar-refractivity contribution in [1.29, 1.82) is 0 Å². The van der Waals surface area contributed by atoms with Crippen LogP contribution in [0.1, 0.15) is 37.0 Å². The van der Waals surface area contributed by atoms with E-state index in [-0.39, 0.29) is 11.8 Å². The van der Waals surface area contributed by atoms with Gasteiger partial charge in [-0.25, -0.2) is 0 Å². The van der Waals surface area contributed by atoms with Crippen LogP contribution in [0.15, 0.2) is 18.2 Å². The van der Waals surface area contributed by atoms with Crippen molar-refractivity contribution >= 4 is 11.8 Å². The molecule has 1 heterocycles. The van der Waals surface area contributed by atoms with Gasteiger partial charge in [0, 0.05) is 38.7 Å². The van der Waals surface area contributed by atoms with Crippen molar-refractivity contribution in [3.63, 3.8) is 0 Å². The third-order valence-electron chi connectivity index (χ3n) is 4.01. The molecule has 0 aliphatic carbocycles. The fourth-order valence-corrected chi connectivity index (χ4v) is 2.72. The van der Waals surface area contributed by atoms with Gasteiger partial charge in [-0.1, -0.05) is 0 Å². The molecule has 0 aromatic heterocycles. The molecule has 132 valence electrons. The number of likely N-dealkylation sites (tertiary alicyclic amines) is 1. The number of likely N-dealkylation sites (N-methyl/N-ethyl adjacent to an activating group) is 1. The van der Waals surface area contributed by atoms with Crippen molar-refractivity contribution in [2.24, 2.45) is 0 Å². The van der Waals surface area contributed by atoms with Crippen molar-refractivity contribution in [3.05, 3.63) is 23.8 Å². The minimum Gasteiger partial charge on any atom is -0.490 e.